The molecule has 1 rings (SSSR count). The SMILES string of the molecule is C#CCC(NC(=O)c1ccc(=O)n(CCC)n1)C(=O)O. The Kier molecular flexibility index (Phi) is 5.47. The predicted molar refractivity (Wildman–Crippen MR) is 71.1 cm³/mol. The number of terminal acetylenes is 1. The summed E-state index contributed by atoms with van der Waals surface area (Å²) in [5.41, 5.74) is -0.344. The van der Waals surface area contributed by atoms with Gasteiger partial charge >= 0.3 is 5.97 Å². The summed E-state index contributed by atoms with van der Waals surface area (Å²) >= 11 is 0. The van der Waals surface area contributed by atoms with E-state index in [9.17, 15) is 14.4 Å². The van der Waals surface area contributed by atoms with Crippen molar-refractivity contribution in [1.29, 1.82) is 0 Å². The number of aryl methyl sites for hydroxylation is 1. The molecule has 106 valence electrons. The molecule has 7 heteroatoms. The quantitative estimate of drug-likeness (QED) is 0.705. The fourth-order valence-electron chi connectivity index (χ4n) is 1.49. The standard InChI is InChI=1S/C13H15N3O4/c1-3-5-10(13(19)20)14-12(18)9-6-7-11(17)16(15-9)8-4-2/h1,6-7,10H,4-5,8H2,2H3,(H,14,18)(H,19,20). The first kappa shape index (κ1) is 15.4. The Morgan fingerprint density at radius 1 is 1.55 bits per heavy atom. The van der Waals surface area contributed by atoms with E-state index >= 15 is 0 Å². The van der Waals surface area contributed by atoms with Crippen molar-refractivity contribution in [3.05, 3.63) is 28.2 Å². The van der Waals surface area contributed by atoms with Gasteiger partial charge in [0.2, 0.25) is 0 Å². The number of rotatable bonds is 6. The fourth-order valence-corrected chi connectivity index (χ4v) is 1.49. The molecule has 7 nitrogen and oxygen atoms in total. The van der Waals surface area contributed by atoms with E-state index in [1.165, 1.54) is 12.1 Å². The number of carbonyl (C=O) groups excluding carboxylic acids is 1. The Morgan fingerprint density at radius 3 is 2.80 bits per heavy atom. The van der Waals surface area contributed by atoms with Gasteiger partial charge in [-0.2, -0.15) is 5.10 Å². The largest absolute Gasteiger partial charge is 0.480 e. The molecule has 0 aliphatic rings. The van der Waals surface area contributed by atoms with Crippen molar-refractivity contribution >= 4 is 11.9 Å². The molecule has 0 fully saturated rings. The van der Waals surface area contributed by atoms with Gasteiger partial charge in [-0.25, -0.2) is 9.48 Å². The molecular weight excluding hydrogens is 262 g/mol. The zero-order valence-corrected chi connectivity index (χ0v) is 11.0. The van der Waals surface area contributed by atoms with Gasteiger partial charge in [-0.1, -0.05) is 6.92 Å². The van der Waals surface area contributed by atoms with Gasteiger partial charge in [-0.15, -0.1) is 12.3 Å². The number of hydrogen-bond donors (Lipinski definition) is 2. The number of aromatic nitrogens is 2. The molecule has 1 unspecified atom stereocenters. The first-order valence-corrected chi connectivity index (χ1v) is 6.05. The summed E-state index contributed by atoms with van der Waals surface area (Å²) in [7, 11) is 0. The van der Waals surface area contributed by atoms with Crippen LogP contribution in [-0.4, -0.2) is 32.8 Å². The van der Waals surface area contributed by atoms with E-state index in [0.29, 0.717) is 13.0 Å². The van der Waals surface area contributed by atoms with E-state index in [1.54, 1.807) is 0 Å². The van der Waals surface area contributed by atoms with E-state index in [4.69, 9.17) is 11.5 Å². The summed E-state index contributed by atoms with van der Waals surface area (Å²) in [5.74, 6) is 0.269. The maximum Gasteiger partial charge on any atom is 0.327 e. The molecule has 0 bridgehead atoms. The lowest BCUT2D eigenvalue weighted by atomic mass is 10.2. The Morgan fingerprint density at radius 2 is 2.25 bits per heavy atom. The predicted octanol–water partition coefficient (Wildman–Crippen LogP) is -0.140. The molecule has 0 spiro atoms. The number of carbonyl (C=O) groups is 2. The van der Waals surface area contributed by atoms with Crippen LogP contribution in [0.25, 0.3) is 0 Å². The van der Waals surface area contributed by atoms with Gasteiger partial charge in [0.15, 0.2) is 0 Å². The van der Waals surface area contributed by atoms with Gasteiger partial charge in [0.25, 0.3) is 11.5 Å². The van der Waals surface area contributed by atoms with Crippen LogP contribution in [-0.2, 0) is 11.3 Å². The van der Waals surface area contributed by atoms with Crippen LogP contribution in [0.1, 0.15) is 30.3 Å². The van der Waals surface area contributed by atoms with Crippen LogP contribution in [0.4, 0.5) is 0 Å². The highest BCUT2D eigenvalue weighted by molar-refractivity contribution is 5.94. The summed E-state index contributed by atoms with van der Waals surface area (Å²) in [5, 5.41) is 15.0. The number of carboxylic acids is 1. The monoisotopic (exact) mass is 277 g/mol. The van der Waals surface area contributed by atoms with E-state index in [2.05, 4.69) is 16.3 Å². The normalized spacial score (nSPS) is 11.4. The van der Waals surface area contributed by atoms with Crippen LogP contribution in [0.15, 0.2) is 16.9 Å². The van der Waals surface area contributed by atoms with Crippen LogP contribution in [0.5, 0.6) is 0 Å². The lowest BCUT2D eigenvalue weighted by Gasteiger charge is -2.11. The molecule has 0 saturated heterocycles. The second-order valence-corrected chi connectivity index (χ2v) is 4.05. The average Bonchev–Trinajstić information content (AvgIpc) is 2.40. The minimum atomic E-state index is -1.22. The van der Waals surface area contributed by atoms with Gasteiger partial charge in [-0.05, 0) is 12.5 Å². The number of aliphatic carboxylic acids is 1. The molecule has 0 aliphatic carbocycles. The Hall–Kier alpha value is -2.62. The highest BCUT2D eigenvalue weighted by Crippen LogP contribution is 1.97. The highest BCUT2D eigenvalue weighted by Gasteiger charge is 2.20. The van der Waals surface area contributed by atoms with E-state index in [1.807, 2.05) is 6.92 Å². The van der Waals surface area contributed by atoms with Crippen molar-refractivity contribution in [2.24, 2.45) is 0 Å². The molecule has 1 aromatic heterocycles. The number of hydrogen-bond acceptors (Lipinski definition) is 4. The highest BCUT2D eigenvalue weighted by atomic mass is 16.4. The smallest absolute Gasteiger partial charge is 0.327 e. The number of amides is 1. The minimum Gasteiger partial charge on any atom is -0.480 e. The Bertz CT molecular complexity index is 600. The van der Waals surface area contributed by atoms with Gasteiger partial charge in [0.1, 0.15) is 11.7 Å². The zero-order chi connectivity index (χ0) is 15.1. The van der Waals surface area contributed by atoms with Gasteiger partial charge in [0.05, 0.1) is 0 Å². The molecule has 2 N–H and O–H groups in total. The van der Waals surface area contributed by atoms with E-state index in [-0.39, 0.29) is 17.7 Å². The van der Waals surface area contributed by atoms with Crippen LogP contribution in [0.2, 0.25) is 0 Å². The summed E-state index contributed by atoms with van der Waals surface area (Å²) in [6.45, 7) is 2.25. The molecule has 20 heavy (non-hydrogen) atoms. The summed E-state index contributed by atoms with van der Waals surface area (Å²) in [4.78, 5) is 34.2. The van der Waals surface area contributed by atoms with Gasteiger partial charge in [-0.3, -0.25) is 9.59 Å². The molecule has 1 heterocycles. The van der Waals surface area contributed by atoms with E-state index < -0.39 is 17.9 Å². The van der Waals surface area contributed by atoms with Gasteiger partial charge in [0, 0.05) is 19.0 Å². The maximum absolute atomic E-state index is 11.9. The fraction of sp³-hybridized carbons (Fsp3) is 0.385. The van der Waals surface area contributed by atoms with E-state index in [0.717, 1.165) is 4.68 Å². The third kappa shape index (κ3) is 3.95. The molecule has 0 aliphatic heterocycles. The zero-order valence-electron chi connectivity index (χ0n) is 11.0. The molecular formula is C13H15N3O4. The summed E-state index contributed by atoms with van der Waals surface area (Å²) in [6, 6.07) is 1.29. The minimum absolute atomic E-state index is 0.0266. The Labute approximate surface area is 115 Å². The van der Waals surface area contributed by atoms with Crippen molar-refractivity contribution < 1.29 is 14.7 Å². The molecule has 1 atom stereocenters. The second-order valence-electron chi connectivity index (χ2n) is 4.05. The van der Waals surface area contributed by atoms with Crippen molar-refractivity contribution in [2.45, 2.75) is 32.4 Å². The van der Waals surface area contributed by atoms with Crippen LogP contribution < -0.4 is 10.9 Å². The molecule has 0 radical (unpaired) electrons. The third-order valence-corrected chi connectivity index (χ3v) is 2.46. The van der Waals surface area contributed by atoms with Crippen LogP contribution >= 0.6 is 0 Å². The van der Waals surface area contributed by atoms with Crippen molar-refractivity contribution in [3.63, 3.8) is 0 Å². The maximum atomic E-state index is 11.9. The lowest BCUT2D eigenvalue weighted by molar-refractivity contribution is -0.139. The van der Waals surface area contributed by atoms with Crippen molar-refractivity contribution in [3.8, 4) is 12.3 Å². The number of nitrogens with one attached hydrogen (secondary N) is 1. The molecule has 1 amide bonds. The summed E-state index contributed by atoms with van der Waals surface area (Å²) < 4.78 is 1.16. The van der Waals surface area contributed by atoms with Crippen LogP contribution in [0.3, 0.4) is 0 Å². The Balaban J connectivity index is 2.92. The third-order valence-electron chi connectivity index (χ3n) is 2.46. The lowest BCUT2D eigenvalue weighted by Crippen LogP contribution is -2.41. The van der Waals surface area contributed by atoms with Crippen molar-refractivity contribution in [2.75, 3.05) is 0 Å². The average molecular weight is 277 g/mol. The molecule has 1 aromatic rings. The molecule has 0 saturated carbocycles. The number of nitrogens with zero attached hydrogens (tertiary/aromatic N) is 2. The first-order chi connectivity index (χ1) is 9.49. The molecule has 0 aromatic carbocycles. The summed E-state index contributed by atoms with van der Waals surface area (Å²) in [6.07, 6.45) is 5.60. The van der Waals surface area contributed by atoms with Gasteiger partial charge < -0.3 is 10.4 Å². The first-order valence-electron chi connectivity index (χ1n) is 6.05. The van der Waals surface area contributed by atoms with Crippen molar-refractivity contribution in [1.82, 2.24) is 15.1 Å². The second kappa shape index (κ2) is 7.09. The number of carboxylic acid groups (broad SMARTS) is 1. The topological polar surface area (TPSA) is 101 Å². The van der Waals surface area contributed by atoms with Crippen LogP contribution in [0, 0.1) is 12.3 Å².